The van der Waals surface area contributed by atoms with Crippen molar-refractivity contribution in [3.8, 4) is 11.5 Å². The van der Waals surface area contributed by atoms with E-state index in [1.807, 2.05) is 0 Å². The van der Waals surface area contributed by atoms with Crippen LogP contribution < -0.4 is 4.74 Å². The largest absolute Gasteiger partial charge is 0.455 e. The van der Waals surface area contributed by atoms with Crippen LogP contribution >= 0.6 is 0 Å². The van der Waals surface area contributed by atoms with E-state index in [0.717, 1.165) is 18.5 Å². The average molecular weight is 391 g/mol. The summed E-state index contributed by atoms with van der Waals surface area (Å²) >= 11 is 0. The van der Waals surface area contributed by atoms with Crippen molar-refractivity contribution < 1.29 is 40.2 Å². The van der Waals surface area contributed by atoms with Crippen molar-refractivity contribution in [3.63, 3.8) is 0 Å². The Balaban J connectivity index is 2.19. The molecule has 0 bridgehead atoms. The first-order valence-electron chi connectivity index (χ1n) is 7.46. The number of halogens is 7. The van der Waals surface area contributed by atoms with Crippen LogP contribution in [0, 0.1) is 5.82 Å². The van der Waals surface area contributed by atoms with Crippen molar-refractivity contribution in [2.45, 2.75) is 30.9 Å². The molecule has 1 unspecified atom stereocenters. The Labute approximate surface area is 149 Å². The monoisotopic (exact) mass is 391 g/mol. The molecule has 3 nitrogen and oxygen atoms in total. The predicted octanol–water partition coefficient (Wildman–Crippen LogP) is 5.29. The zero-order valence-corrected chi connectivity index (χ0v) is 13.2. The summed E-state index contributed by atoms with van der Waals surface area (Å²) in [5.41, 5.74) is -3.32. The fourth-order valence-corrected chi connectivity index (χ4v) is 2.76. The number of hydrogen-bond donors (Lipinski definition) is 0. The first-order chi connectivity index (χ1) is 12.6. The lowest BCUT2D eigenvalue weighted by molar-refractivity contribution is -0.377. The summed E-state index contributed by atoms with van der Waals surface area (Å²) in [6.45, 7) is 0. The lowest BCUT2D eigenvalue weighted by atomic mass is 9.83. The molecule has 2 radical (unpaired) electrons. The van der Waals surface area contributed by atoms with Crippen LogP contribution in [0.2, 0.25) is 6.32 Å². The Morgan fingerprint density at radius 2 is 1.89 bits per heavy atom. The summed E-state index contributed by atoms with van der Waals surface area (Å²) in [7, 11) is 5.27. The maximum atomic E-state index is 14.1. The van der Waals surface area contributed by atoms with E-state index in [-0.39, 0.29) is 5.75 Å². The molecular formula is C16H9BF7NO2. The summed E-state index contributed by atoms with van der Waals surface area (Å²) in [5.74, 6) is -6.64. The van der Waals surface area contributed by atoms with Crippen molar-refractivity contribution in [2.24, 2.45) is 0 Å². The lowest BCUT2D eigenvalue weighted by Gasteiger charge is -2.38. The van der Waals surface area contributed by atoms with E-state index >= 15 is 0 Å². The molecular weight excluding hydrogens is 382 g/mol. The molecule has 27 heavy (non-hydrogen) atoms. The molecule has 1 aromatic carbocycles. The molecule has 1 aliphatic heterocycles. The van der Waals surface area contributed by atoms with Gasteiger partial charge in [0.25, 0.3) is 6.43 Å². The average Bonchev–Trinajstić information content (AvgIpc) is 2.57. The van der Waals surface area contributed by atoms with Gasteiger partial charge in [-0.2, -0.15) is 17.6 Å². The van der Waals surface area contributed by atoms with E-state index in [1.54, 1.807) is 0 Å². The Hall–Kier alpha value is -2.30. The van der Waals surface area contributed by atoms with Crippen LogP contribution in [0.1, 0.15) is 29.2 Å². The fourth-order valence-electron chi connectivity index (χ4n) is 2.76. The molecule has 0 N–H and O–H groups in total. The van der Waals surface area contributed by atoms with E-state index in [4.69, 9.17) is 12.6 Å². The zero-order valence-electron chi connectivity index (χ0n) is 13.2. The third kappa shape index (κ3) is 3.24. The van der Waals surface area contributed by atoms with Gasteiger partial charge in [-0.15, -0.1) is 0 Å². The van der Waals surface area contributed by atoms with Gasteiger partial charge in [-0.3, -0.25) is 4.98 Å². The summed E-state index contributed by atoms with van der Waals surface area (Å²) in [6.07, 6.45) is -9.18. The van der Waals surface area contributed by atoms with Crippen LogP contribution in [0.3, 0.4) is 0 Å². The van der Waals surface area contributed by atoms with Crippen LogP contribution in [0.5, 0.6) is 11.5 Å². The molecule has 142 valence electrons. The Kier molecular flexibility index (Phi) is 4.83. The number of benzene rings is 1. The molecule has 3 rings (SSSR count). The summed E-state index contributed by atoms with van der Waals surface area (Å²) < 4.78 is 105. The standard InChI is InChI=1S/C16H9BF7NO2/c17-4-11-12-9(15(21,22)16(23,24)27-11)1-2-10(13(12)14(19)20)26-8-3-7(18)5-25-6-8/h1-3,5-6,11,14H,4H2. The number of hydrogen-bond acceptors (Lipinski definition) is 3. The minimum Gasteiger partial charge on any atom is -0.455 e. The number of pyridine rings is 1. The minimum atomic E-state index is -4.93. The number of aromatic nitrogens is 1. The van der Waals surface area contributed by atoms with Crippen LogP contribution in [0.15, 0.2) is 30.6 Å². The van der Waals surface area contributed by atoms with Crippen LogP contribution in [-0.4, -0.2) is 18.9 Å². The lowest BCUT2D eigenvalue weighted by Crippen LogP contribution is -2.46. The van der Waals surface area contributed by atoms with Crippen molar-refractivity contribution >= 4 is 7.85 Å². The molecule has 1 aromatic heterocycles. The van der Waals surface area contributed by atoms with Gasteiger partial charge < -0.3 is 9.47 Å². The van der Waals surface area contributed by atoms with Gasteiger partial charge in [0.1, 0.15) is 17.3 Å². The number of ether oxygens (including phenoxy) is 2. The SMILES string of the molecule is [B]CC1OC(F)(F)C(F)(F)c2ccc(Oc3cncc(F)c3)c(C(F)F)c21. The van der Waals surface area contributed by atoms with Gasteiger partial charge >= 0.3 is 12.0 Å². The number of fused-ring (bicyclic) bond motifs is 1. The molecule has 2 heterocycles. The van der Waals surface area contributed by atoms with E-state index in [1.165, 1.54) is 0 Å². The summed E-state index contributed by atoms with van der Waals surface area (Å²) in [4.78, 5) is 3.46. The maximum Gasteiger partial charge on any atom is 0.424 e. The van der Waals surface area contributed by atoms with Gasteiger partial charge in [-0.25, -0.2) is 13.2 Å². The molecule has 2 aromatic rings. The highest BCUT2D eigenvalue weighted by Crippen LogP contribution is 2.56. The number of nitrogens with zero attached hydrogens (tertiary/aromatic N) is 1. The molecule has 0 aliphatic carbocycles. The summed E-state index contributed by atoms with van der Waals surface area (Å²) in [6, 6.07) is 2.03. The molecule has 11 heteroatoms. The zero-order chi connectivity index (χ0) is 20.0. The van der Waals surface area contributed by atoms with Crippen LogP contribution in [0.25, 0.3) is 0 Å². The molecule has 1 aliphatic rings. The number of alkyl halides is 6. The quantitative estimate of drug-likeness (QED) is 0.524. The second-order valence-corrected chi connectivity index (χ2v) is 5.61. The van der Waals surface area contributed by atoms with Gasteiger partial charge in [-0.05, 0) is 12.1 Å². The predicted molar refractivity (Wildman–Crippen MR) is 78.9 cm³/mol. The first kappa shape index (κ1) is 19.5. The van der Waals surface area contributed by atoms with Crippen LogP contribution in [-0.2, 0) is 10.7 Å². The van der Waals surface area contributed by atoms with E-state index in [9.17, 15) is 30.7 Å². The second-order valence-electron chi connectivity index (χ2n) is 5.61. The van der Waals surface area contributed by atoms with E-state index < -0.39 is 59.1 Å². The third-order valence-electron chi connectivity index (χ3n) is 3.90. The van der Waals surface area contributed by atoms with Gasteiger partial charge in [-0.1, -0.05) is 6.32 Å². The van der Waals surface area contributed by atoms with E-state index in [2.05, 4.69) is 9.72 Å². The second kappa shape index (κ2) is 6.70. The molecule has 0 saturated carbocycles. The van der Waals surface area contributed by atoms with Crippen molar-refractivity contribution in [1.82, 2.24) is 4.98 Å². The topological polar surface area (TPSA) is 31.4 Å². The van der Waals surface area contributed by atoms with Gasteiger partial charge in [0.2, 0.25) is 0 Å². The molecule has 0 fully saturated rings. The fraction of sp³-hybridized carbons (Fsp3) is 0.312. The molecule has 1 atom stereocenters. The minimum absolute atomic E-state index is 0.296. The third-order valence-corrected chi connectivity index (χ3v) is 3.90. The Bertz CT molecular complexity index is 863. The molecule has 0 amide bonds. The smallest absolute Gasteiger partial charge is 0.424 e. The van der Waals surface area contributed by atoms with Gasteiger partial charge in [0, 0.05) is 17.2 Å². The van der Waals surface area contributed by atoms with Crippen LogP contribution in [0.4, 0.5) is 30.7 Å². The van der Waals surface area contributed by atoms with Crippen molar-refractivity contribution in [1.29, 1.82) is 0 Å². The molecule has 0 saturated heterocycles. The Morgan fingerprint density at radius 1 is 1.19 bits per heavy atom. The Morgan fingerprint density at radius 3 is 2.48 bits per heavy atom. The highest BCUT2D eigenvalue weighted by Gasteiger charge is 2.64. The first-order valence-corrected chi connectivity index (χ1v) is 7.46. The van der Waals surface area contributed by atoms with Crippen molar-refractivity contribution in [3.05, 3.63) is 53.1 Å². The highest BCUT2D eigenvalue weighted by molar-refractivity contribution is 6.09. The summed E-state index contributed by atoms with van der Waals surface area (Å²) in [5, 5.41) is 0. The highest BCUT2D eigenvalue weighted by atomic mass is 19.3. The van der Waals surface area contributed by atoms with Gasteiger partial charge in [0.15, 0.2) is 0 Å². The number of rotatable bonds is 4. The maximum absolute atomic E-state index is 14.1. The van der Waals surface area contributed by atoms with E-state index in [0.29, 0.717) is 12.1 Å². The van der Waals surface area contributed by atoms with Gasteiger partial charge in [0.05, 0.1) is 31.9 Å². The molecule has 0 spiro atoms. The van der Waals surface area contributed by atoms with Crippen molar-refractivity contribution in [2.75, 3.05) is 0 Å². The normalized spacial score (nSPS) is 20.4.